The fourth-order valence-corrected chi connectivity index (χ4v) is 14.9. The van der Waals surface area contributed by atoms with E-state index in [1.54, 1.807) is 0 Å². The summed E-state index contributed by atoms with van der Waals surface area (Å²) in [6.45, 7) is 0. The molecular formula is C73H46N4. The van der Waals surface area contributed by atoms with Gasteiger partial charge in [-0.3, -0.25) is 0 Å². The van der Waals surface area contributed by atoms with E-state index in [2.05, 4.69) is 279 Å². The Labute approximate surface area is 444 Å². The van der Waals surface area contributed by atoms with Gasteiger partial charge in [-0.2, -0.15) is 0 Å². The van der Waals surface area contributed by atoms with E-state index < -0.39 is 5.41 Å². The first-order valence-electron chi connectivity index (χ1n) is 27.0. The van der Waals surface area contributed by atoms with Crippen LogP contribution in [0, 0.1) is 0 Å². The van der Waals surface area contributed by atoms with Crippen molar-refractivity contribution >= 4 is 76.8 Å². The minimum Gasteiger partial charge on any atom is -0.313 e. The molecule has 358 valence electrons. The largest absolute Gasteiger partial charge is 0.313 e. The summed E-state index contributed by atoms with van der Waals surface area (Å²) in [6.07, 6.45) is 7.91. The second-order valence-electron chi connectivity index (χ2n) is 21.5. The molecule has 0 saturated heterocycles. The first kappa shape index (κ1) is 41.5. The maximum Gasteiger partial charge on any atom is 0.0728 e. The molecule has 0 fully saturated rings. The molecule has 0 amide bonds. The van der Waals surface area contributed by atoms with Gasteiger partial charge >= 0.3 is 0 Å². The van der Waals surface area contributed by atoms with Crippen molar-refractivity contribution < 1.29 is 0 Å². The Kier molecular flexibility index (Phi) is 8.14. The molecule has 1 atom stereocenters. The molecule has 77 heavy (non-hydrogen) atoms. The quantitative estimate of drug-likeness (QED) is 0.172. The van der Waals surface area contributed by atoms with Gasteiger partial charge in [0.2, 0.25) is 0 Å². The van der Waals surface area contributed by atoms with Gasteiger partial charge in [-0.15, -0.1) is 0 Å². The Bertz CT molecular complexity index is 4490. The van der Waals surface area contributed by atoms with Crippen LogP contribution >= 0.6 is 0 Å². The van der Waals surface area contributed by atoms with E-state index in [1.165, 1.54) is 133 Å². The molecule has 11 aromatic carbocycles. The Morgan fingerprint density at radius 2 is 0.649 bits per heavy atom. The fourth-order valence-electron chi connectivity index (χ4n) is 14.9. The molecule has 3 aliphatic carbocycles. The predicted molar refractivity (Wildman–Crippen MR) is 319 cm³/mol. The first-order valence-corrected chi connectivity index (χ1v) is 27.0. The van der Waals surface area contributed by atoms with Crippen molar-refractivity contribution in [1.82, 2.24) is 13.7 Å². The van der Waals surface area contributed by atoms with Crippen LogP contribution in [0.1, 0.15) is 40.2 Å². The van der Waals surface area contributed by atoms with Gasteiger partial charge in [-0.25, -0.2) is 0 Å². The molecule has 1 spiro atoms. The maximum absolute atomic E-state index is 2.58. The van der Waals surface area contributed by atoms with Gasteiger partial charge in [0.25, 0.3) is 0 Å². The van der Waals surface area contributed by atoms with E-state index in [4.69, 9.17) is 0 Å². The van der Waals surface area contributed by atoms with Crippen LogP contribution in [0.25, 0.3) is 105 Å². The highest BCUT2D eigenvalue weighted by Crippen LogP contribution is 2.65. The lowest BCUT2D eigenvalue weighted by atomic mass is 9.70. The highest BCUT2D eigenvalue weighted by atomic mass is 15.2. The molecule has 1 unspecified atom stereocenters. The van der Waals surface area contributed by atoms with Crippen molar-refractivity contribution in [3.63, 3.8) is 0 Å². The molecule has 4 heterocycles. The van der Waals surface area contributed by atoms with E-state index in [-0.39, 0.29) is 0 Å². The summed E-state index contributed by atoms with van der Waals surface area (Å²) in [5.74, 6) is 0.305. The van der Waals surface area contributed by atoms with Crippen LogP contribution in [0.5, 0.6) is 0 Å². The zero-order chi connectivity index (χ0) is 50.1. The van der Waals surface area contributed by atoms with Crippen molar-refractivity contribution in [3.8, 4) is 39.3 Å². The number of allylic oxidation sites excluding steroid dienone is 4. The normalized spacial score (nSPS) is 15.5. The summed E-state index contributed by atoms with van der Waals surface area (Å²) in [4.78, 5) is 2.56. The highest BCUT2D eigenvalue weighted by Gasteiger charge is 2.53. The third-order valence-corrected chi connectivity index (χ3v) is 17.9. The van der Waals surface area contributed by atoms with Crippen molar-refractivity contribution in [2.75, 3.05) is 4.90 Å². The van der Waals surface area contributed by atoms with Gasteiger partial charge in [-0.05, 0) is 154 Å². The molecule has 14 aromatic rings. The van der Waals surface area contributed by atoms with E-state index in [1.807, 2.05) is 0 Å². The van der Waals surface area contributed by atoms with Crippen molar-refractivity contribution in [1.29, 1.82) is 0 Å². The van der Waals surface area contributed by atoms with E-state index in [9.17, 15) is 0 Å². The molecule has 1 aliphatic heterocycles. The standard InChI is InChI=1S/C73H46N4/c1-9-25-65-53(17-1)54-18-2-10-26-66(54)74(65)45-33-37-49-50-38-34-46(75-67-27-11-3-19-55(67)56-20-4-12-28-68(56)75)42-62(50)73(61(49)41-45)63-43-47(76-69-29-13-5-21-57(69)58-22-6-14-30-70(58)76)35-39-51(63)52-40-36-48(44-64(52)73)77-71-31-15-7-23-59(71)60-24-8-16-32-72(60)77/h1-23,25-44,60H,24H2. The van der Waals surface area contributed by atoms with Crippen LogP contribution < -0.4 is 4.90 Å². The van der Waals surface area contributed by atoms with Gasteiger partial charge in [0.1, 0.15) is 0 Å². The van der Waals surface area contributed by atoms with Crippen molar-refractivity contribution in [2.24, 2.45) is 0 Å². The monoisotopic (exact) mass is 978 g/mol. The Balaban J connectivity index is 0.982. The maximum atomic E-state index is 2.58. The second-order valence-corrected chi connectivity index (χ2v) is 21.5. The lowest BCUT2D eigenvalue weighted by Gasteiger charge is -2.33. The van der Waals surface area contributed by atoms with Gasteiger partial charge < -0.3 is 18.6 Å². The fraction of sp³-hybridized carbons (Fsp3) is 0.0411. The molecule has 4 nitrogen and oxygen atoms in total. The minimum atomic E-state index is -0.747. The third-order valence-electron chi connectivity index (χ3n) is 17.9. The second kappa shape index (κ2) is 15.1. The first-order chi connectivity index (χ1) is 38.2. The van der Waals surface area contributed by atoms with Crippen LogP contribution in [-0.4, -0.2) is 13.7 Å². The molecule has 0 N–H and O–H groups in total. The predicted octanol–water partition coefficient (Wildman–Crippen LogP) is 18.4. The van der Waals surface area contributed by atoms with Crippen molar-refractivity contribution in [2.45, 2.75) is 17.8 Å². The topological polar surface area (TPSA) is 18.0 Å². The van der Waals surface area contributed by atoms with E-state index in [0.29, 0.717) is 5.92 Å². The molecule has 18 rings (SSSR count). The Morgan fingerprint density at radius 3 is 1.04 bits per heavy atom. The van der Waals surface area contributed by atoms with E-state index in [0.717, 1.165) is 23.5 Å². The number of anilines is 2. The summed E-state index contributed by atoms with van der Waals surface area (Å²) in [7, 11) is 0. The summed E-state index contributed by atoms with van der Waals surface area (Å²) in [5.41, 5.74) is 25.3. The van der Waals surface area contributed by atoms with Crippen LogP contribution in [0.3, 0.4) is 0 Å². The van der Waals surface area contributed by atoms with Crippen LogP contribution in [0.15, 0.2) is 267 Å². The number of aromatic nitrogens is 3. The number of fused-ring (bicyclic) bond motifs is 22. The van der Waals surface area contributed by atoms with Gasteiger partial charge in [0, 0.05) is 72.4 Å². The van der Waals surface area contributed by atoms with Crippen LogP contribution in [0.4, 0.5) is 11.4 Å². The van der Waals surface area contributed by atoms with Crippen molar-refractivity contribution in [3.05, 3.63) is 294 Å². The van der Waals surface area contributed by atoms with E-state index >= 15 is 0 Å². The lowest BCUT2D eigenvalue weighted by Crippen LogP contribution is -2.27. The molecular weight excluding hydrogens is 933 g/mol. The number of nitrogens with zero attached hydrogens (tertiary/aromatic N) is 4. The smallest absolute Gasteiger partial charge is 0.0728 e. The molecule has 0 radical (unpaired) electrons. The highest BCUT2D eigenvalue weighted by molar-refractivity contribution is 6.12. The van der Waals surface area contributed by atoms with Crippen LogP contribution in [-0.2, 0) is 5.41 Å². The number of hydrogen-bond donors (Lipinski definition) is 0. The molecule has 4 heteroatoms. The lowest BCUT2D eigenvalue weighted by molar-refractivity contribution is 0.789. The average molecular weight is 979 g/mol. The SMILES string of the molecule is C1=CCC2C(=C1)N(c1ccc3c(c1)C1(c4cc(-n5c6ccccc6c6ccccc65)ccc4-3)c3cc(-n4c5ccccc5c5ccccc54)ccc3-c3ccc(-n4c5ccccc5c5ccccc54)cc31)c1ccccc12. The summed E-state index contributed by atoms with van der Waals surface area (Å²) in [6, 6.07) is 92.0. The van der Waals surface area contributed by atoms with Crippen LogP contribution in [0.2, 0.25) is 0 Å². The van der Waals surface area contributed by atoms with Gasteiger partial charge in [-0.1, -0.05) is 164 Å². The summed E-state index contributed by atoms with van der Waals surface area (Å²) < 4.78 is 7.49. The molecule has 3 aromatic heterocycles. The zero-order valence-electron chi connectivity index (χ0n) is 41.9. The number of para-hydroxylation sites is 7. The Morgan fingerprint density at radius 1 is 0.325 bits per heavy atom. The number of hydrogen-bond acceptors (Lipinski definition) is 1. The average Bonchev–Trinajstić information content (AvgIpc) is 4.45. The third kappa shape index (κ3) is 5.31. The number of benzene rings is 11. The summed E-state index contributed by atoms with van der Waals surface area (Å²) in [5, 5.41) is 7.53. The van der Waals surface area contributed by atoms with Gasteiger partial charge in [0.15, 0.2) is 0 Å². The molecule has 4 aliphatic rings. The summed E-state index contributed by atoms with van der Waals surface area (Å²) >= 11 is 0. The Hall–Kier alpha value is -9.90. The number of rotatable bonds is 4. The molecule has 0 bridgehead atoms. The van der Waals surface area contributed by atoms with Gasteiger partial charge in [0.05, 0.1) is 38.5 Å². The minimum absolute atomic E-state index is 0.305. The zero-order valence-corrected chi connectivity index (χ0v) is 41.9. The molecule has 0 saturated carbocycles.